The molecule has 1 aliphatic rings. The van der Waals surface area contributed by atoms with Gasteiger partial charge in [0.15, 0.2) is 0 Å². The highest BCUT2D eigenvalue weighted by Gasteiger charge is 2.33. The zero-order valence-electron chi connectivity index (χ0n) is 19.4. The van der Waals surface area contributed by atoms with Crippen molar-refractivity contribution in [3.63, 3.8) is 0 Å². The standard InChI is InChI=1S/C26H33N3O4/c1-21-5-3-7-24(13-21)33-20-26(30)18-28(9-11-31-19-26)17-23-6-4-8-25(14-23)32-12-10-29-16-22(2)15-27-29/h3-8,13-16,30H,9-12,17-20H2,1-2H3. The van der Waals surface area contributed by atoms with E-state index in [1.165, 1.54) is 0 Å². The first-order valence-corrected chi connectivity index (χ1v) is 11.4. The molecule has 33 heavy (non-hydrogen) atoms. The van der Waals surface area contributed by atoms with Crippen LogP contribution in [0.4, 0.5) is 0 Å². The van der Waals surface area contributed by atoms with Crippen LogP contribution >= 0.6 is 0 Å². The van der Waals surface area contributed by atoms with Gasteiger partial charge in [-0.15, -0.1) is 0 Å². The molecule has 2 heterocycles. The second kappa shape index (κ2) is 10.8. The molecule has 2 aromatic carbocycles. The van der Waals surface area contributed by atoms with Crippen LogP contribution < -0.4 is 9.47 Å². The van der Waals surface area contributed by atoms with E-state index >= 15 is 0 Å². The van der Waals surface area contributed by atoms with Crippen molar-refractivity contribution in [2.75, 3.05) is 39.5 Å². The van der Waals surface area contributed by atoms with Crippen molar-refractivity contribution in [2.45, 2.75) is 32.5 Å². The van der Waals surface area contributed by atoms with Crippen molar-refractivity contribution in [3.8, 4) is 11.5 Å². The third-order valence-electron chi connectivity index (χ3n) is 5.59. The van der Waals surface area contributed by atoms with Gasteiger partial charge in [0.1, 0.15) is 30.3 Å². The Morgan fingerprint density at radius 2 is 1.88 bits per heavy atom. The minimum absolute atomic E-state index is 0.184. The molecule has 176 valence electrons. The third kappa shape index (κ3) is 7.05. The number of rotatable bonds is 9. The normalized spacial score (nSPS) is 19.2. The molecule has 1 aromatic heterocycles. The second-order valence-electron chi connectivity index (χ2n) is 8.87. The van der Waals surface area contributed by atoms with Gasteiger partial charge in [0.2, 0.25) is 0 Å². The molecule has 0 aliphatic carbocycles. The van der Waals surface area contributed by atoms with E-state index in [4.69, 9.17) is 14.2 Å². The summed E-state index contributed by atoms with van der Waals surface area (Å²) in [6.45, 7) is 8.24. The van der Waals surface area contributed by atoms with Crippen molar-refractivity contribution in [1.82, 2.24) is 14.7 Å². The highest BCUT2D eigenvalue weighted by Crippen LogP contribution is 2.20. The summed E-state index contributed by atoms with van der Waals surface area (Å²) >= 11 is 0. The Labute approximate surface area is 195 Å². The van der Waals surface area contributed by atoms with Crippen molar-refractivity contribution in [3.05, 3.63) is 77.6 Å². The first kappa shape index (κ1) is 23.3. The Kier molecular flexibility index (Phi) is 7.65. The molecule has 1 aliphatic heterocycles. The van der Waals surface area contributed by atoms with E-state index in [0.29, 0.717) is 32.8 Å². The monoisotopic (exact) mass is 451 g/mol. The smallest absolute Gasteiger partial charge is 0.134 e. The molecule has 7 heteroatoms. The lowest BCUT2D eigenvalue weighted by molar-refractivity contribution is -0.0646. The number of benzene rings is 2. The van der Waals surface area contributed by atoms with Crippen LogP contribution in [0.5, 0.6) is 11.5 Å². The average Bonchev–Trinajstić information content (AvgIpc) is 3.11. The van der Waals surface area contributed by atoms with Crippen molar-refractivity contribution >= 4 is 0 Å². The molecule has 7 nitrogen and oxygen atoms in total. The molecule has 1 unspecified atom stereocenters. The summed E-state index contributed by atoms with van der Waals surface area (Å²) in [5, 5.41) is 15.5. The number of aromatic nitrogens is 2. The predicted octanol–water partition coefficient (Wildman–Crippen LogP) is 3.22. The van der Waals surface area contributed by atoms with Crippen LogP contribution in [0.2, 0.25) is 0 Å². The van der Waals surface area contributed by atoms with Gasteiger partial charge in [-0.3, -0.25) is 9.58 Å². The molecule has 0 radical (unpaired) electrons. The Balaban J connectivity index is 1.32. The number of hydrogen-bond donors (Lipinski definition) is 1. The van der Waals surface area contributed by atoms with Crippen LogP contribution in [0, 0.1) is 13.8 Å². The SMILES string of the molecule is Cc1cccc(OCC2(O)COCCN(Cc3cccc(OCCn4cc(C)cn4)c3)C2)c1. The van der Waals surface area contributed by atoms with Crippen LogP contribution in [0.3, 0.4) is 0 Å². The predicted molar refractivity (Wildman–Crippen MR) is 127 cm³/mol. The molecule has 0 spiro atoms. The fourth-order valence-electron chi connectivity index (χ4n) is 3.98. The average molecular weight is 452 g/mol. The second-order valence-corrected chi connectivity index (χ2v) is 8.87. The Bertz CT molecular complexity index is 1040. The van der Waals surface area contributed by atoms with Crippen LogP contribution in [0.1, 0.15) is 16.7 Å². The fourth-order valence-corrected chi connectivity index (χ4v) is 3.98. The first-order chi connectivity index (χ1) is 16.0. The van der Waals surface area contributed by atoms with Crippen molar-refractivity contribution < 1.29 is 19.3 Å². The quantitative estimate of drug-likeness (QED) is 0.539. The third-order valence-corrected chi connectivity index (χ3v) is 5.59. The fraction of sp³-hybridized carbons (Fsp3) is 0.423. The van der Waals surface area contributed by atoms with Gasteiger partial charge in [-0.1, -0.05) is 24.3 Å². The summed E-state index contributed by atoms with van der Waals surface area (Å²) in [4.78, 5) is 2.21. The van der Waals surface area contributed by atoms with E-state index in [-0.39, 0.29) is 13.2 Å². The maximum atomic E-state index is 11.2. The number of aliphatic hydroxyl groups is 1. The van der Waals surface area contributed by atoms with Crippen molar-refractivity contribution in [2.24, 2.45) is 0 Å². The Hall–Kier alpha value is -2.87. The Morgan fingerprint density at radius 1 is 1.06 bits per heavy atom. The van der Waals surface area contributed by atoms with Gasteiger partial charge in [-0.05, 0) is 54.8 Å². The largest absolute Gasteiger partial charge is 0.492 e. The maximum Gasteiger partial charge on any atom is 0.134 e. The van der Waals surface area contributed by atoms with Gasteiger partial charge in [0, 0.05) is 25.8 Å². The Morgan fingerprint density at radius 3 is 2.67 bits per heavy atom. The summed E-state index contributed by atoms with van der Waals surface area (Å²) in [6, 6.07) is 16.0. The molecule has 4 rings (SSSR count). The minimum atomic E-state index is -1.07. The van der Waals surface area contributed by atoms with Gasteiger partial charge in [0.25, 0.3) is 0 Å². The highest BCUT2D eigenvalue weighted by molar-refractivity contribution is 5.29. The van der Waals surface area contributed by atoms with E-state index < -0.39 is 5.60 Å². The van der Waals surface area contributed by atoms with Gasteiger partial charge in [-0.2, -0.15) is 5.10 Å². The maximum absolute atomic E-state index is 11.2. The topological polar surface area (TPSA) is 69.0 Å². The van der Waals surface area contributed by atoms with E-state index in [0.717, 1.165) is 34.7 Å². The lowest BCUT2D eigenvalue weighted by atomic mass is 10.1. The number of β-amino-alcohol motifs (C(OH)–C–C–N with tert-alkyl or cyclic N) is 1. The van der Waals surface area contributed by atoms with Crippen LogP contribution in [-0.2, 0) is 17.8 Å². The number of ether oxygens (including phenoxy) is 3. The van der Waals surface area contributed by atoms with Crippen LogP contribution in [-0.4, -0.2) is 64.9 Å². The van der Waals surface area contributed by atoms with E-state index in [2.05, 4.69) is 22.1 Å². The first-order valence-electron chi connectivity index (χ1n) is 11.4. The molecule has 3 aromatic rings. The molecule has 1 fully saturated rings. The highest BCUT2D eigenvalue weighted by atomic mass is 16.5. The van der Waals surface area contributed by atoms with Gasteiger partial charge in [-0.25, -0.2) is 0 Å². The zero-order valence-corrected chi connectivity index (χ0v) is 19.4. The summed E-state index contributed by atoms with van der Waals surface area (Å²) < 4.78 is 19.4. The number of hydrogen-bond acceptors (Lipinski definition) is 6. The van der Waals surface area contributed by atoms with Gasteiger partial charge in [0.05, 0.1) is 26.0 Å². The zero-order chi connectivity index (χ0) is 23.1. The molecular weight excluding hydrogens is 418 g/mol. The molecule has 0 bridgehead atoms. The molecule has 1 saturated heterocycles. The summed E-state index contributed by atoms with van der Waals surface area (Å²) in [7, 11) is 0. The summed E-state index contributed by atoms with van der Waals surface area (Å²) in [6.07, 6.45) is 3.85. The summed E-state index contributed by atoms with van der Waals surface area (Å²) in [5.74, 6) is 1.59. The number of nitrogens with zero attached hydrogens (tertiary/aromatic N) is 3. The number of aryl methyl sites for hydroxylation is 2. The van der Waals surface area contributed by atoms with Crippen LogP contribution in [0.25, 0.3) is 0 Å². The lowest BCUT2D eigenvalue weighted by Crippen LogP contribution is -2.48. The molecule has 1 N–H and O–H groups in total. The minimum Gasteiger partial charge on any atom is -0.492 e. The molecule has 0 saturated carbocycles. The van der Waals surface area contributed by atoms with Crippen molar-refractivity contribution in [1.29, 1.82) is 0 Å². The molecular formula is C26H33N3O4. The molecule has 0 amide bonds. The molecule has 1 atom stereocenters. The lowest BCUT2D eigenvalue weighted by Gasteiger charge is -2.30. The van der Waals surface area contributed by atoms with E-state index in [9.17, 15) is 5.11 Å². The van der Waals surface area contributed by atoms with Crippen LogP contribution in [0.15, 0.2) is 60.9 Å². The summed E-state index contributed by atoms with van der Waals surface area (Å²) in [5.41, 5.74) is 2.32. The van der Waals surface area contributed by atoms with E-state index in [1.807, 2.05) is 67.3 Å². The van der Waals surface area contributed by atoms with Gasteiger partial charge >= 0.3 is 0 Å². The van der Waals surface area contributed by atoms with Gasteiger partial charge < -0.3 is 19.3 Å². The van der Waals surface area contributed by atoms with E-state index in [1.54, 1.807) is 0 Å².